The van der Waals surface area contributed by atoms with E-state index in [4.69, 9.17) is 0 Å². The second-order valence-corrected chi connectivity index (χ2v) is 6.71. The van der Waals surface area contributed by atoms with E-state index in [0.29, 0.717) is 23.4 Å². The third-order valence-electron chi connectivity index (χ3n) is 4.54. The van der Waals surface area contributed by atoms with Gasteiger partial charge in [-0.05, 0) is 56.5 Å². The molecule has 2 aromatic rings. The number of nitrogens with zero attached hydrogens (tertiary/aromatic N) is 1. The monoisotopic (exact) mass is 350 g/mol. The Morgan fingerprint density at radius 1 is 0.962 bits per heavy atom. The number of anilines is 1. The Morgan fingerprint density at radius 2 is 1.58 bits per heavy atom. The highest BCUT2D eigenvalue weighted by molar-refractivity contribution is 6.35. The average Bonchev–Trinajstić information content (AvgIpc) is 2.83. The Balaban J connectivity index is 2.02. The van der Waals surface area contributed by atoms with Crippen molar-refractivity contribution in [3.8, 4) is 0 Å². The molecule has 26 heavy (non-hydrogen) atoms. The normalized spacial score (nSPS) is 13.2. The Morgan fingerprint density at radius 3 is 2.19 bits per heavy atom. The summed E-state index contributed by atoms with van der Waals surface area (Å²) in [6, 6.07) is 8.58. The molecule has 0 saturated heterocycles. The number of hydrogen-bond acceptors (Lipinski definition) is 3. The number of aryl methyl sites for hydroxylation is 3. The Bertz CT molecular complexity index is 908. The molecule has 1 aliphatic heterocycles. The van der Waals surface area contributed by atoms with Crippen molar-refractivity contribution in [3.05, 3.63) is 63.7 Å². The maximum atomic E-state index is 13.0. The molecule has 3 rings (SSSR count). The Labute approximate surface area is 153 Å². The molecule has 3 amide bonds. The van der Waals surface area contributed by atoms with Gasteiger partial charge in [0.15, 0.2) is 0 Å². The molecule has 0 aliphatic carbocycles. The van der Waals surface area contributed by atoms with Crippen LogP contribution in [0.4, 0.5) is 5.69 Å². The minimum absolute atomic E-state index is 0.240. The van der Waals surface area contributed by atoms with E-state index in [0.717, 1.165) is 23.1 Å². The number of carbonyl (C=O) groups excluding carboxylic acids is 3. The van der Waals surface area contributed by atoms with Crippen LogP contribution in [0.5, 0.6) is 0 Å². The summed E-state index contributed by atoms with van der Waals surface area (Å²) in [6.07, 6.45) is 0.827. The standard InChI is InChI=1S/C21H22N2O3/c1-5-8-22-19(24)15-6-7-16-17(11-15)21(26)23(20(16)25)18-13(3)9-12(2)10-14(18)4/h6-7,9-11H,5,8H2,1-4H3,(H,22,24). The highest BCUT2D eigenvalue weighted by atomic mass is 16.2. The fourth-order valence-electron chi connectivity index (χ4n) is 3.45. The van der Waals surface area contributed by atoms with E-state index in [1.54, 1.807) is 12.1 Å². The van der Waals surface area contributed by atoms with E-state index in [1.165, 1.54) is 11.0 Å². The highest BCUT2D eigenvalue weighted by Gasteiger charge is 2.38. The summed E-state index contributed by atoms with van der Waals surface area (Å²) in [6.45, 7) is 8.30. The molecule has 0 bridgehead atoms. The molecule has 5 nitrogen and oxygen atoms in total. The van der Waals surface area contributed by atoms with Crippen molar-refractivity contribution in [1.82, 2.24) is 5.32 Å². The van der Waals surface area contributed by atoms with E-state index < -0.39 is 0 Å². The zero-order chi connectivity index (χ0) is 19.0. The fraction of sp³-hybridized carbons (Fsp3) is 0.286. The van der Waals surface area contributed by atoms with E-state index >= 15 is 0 Å². The zero-order valence-electron chi connectivity index (χ0n) is 15.5. The van der Waals surface area contributed by atoms with Crippen LogP contribution in [0, 0.1) is 20.8 Å². The van der Waals surface area contributed by atoms with Crippen molar-refractivity contribution in [2.45, 2.75) is 34.1 Å². The van der Waals surface area contributed by atoms with Gasteiger partial charge in [0.05, 0.1) is 16.8 Å². The molecular formula is C21H22N2O3. The lowest BCUT2D eigenvalue weighted by molar-refractivity contribution is 0.0923. The molecule has 1 N–H and O–H groups in total. The number of hydrogen-bond donors (Lipinski definition) is 1. The number of amides is 3. The largest absolute Gasteiger partial charge is 0.352 e. The van der Waals surface area contributed by atoms with E-state index in [1.807, 2.05) is 39.8 Å². The first-order valence-corrected chi connectivity index (χ1v) is 8.74. The van der Waals surface area contributed by atoms with Crippen LogP contribution in [0.25, 0.3) is 0 Å². The second-order valence-electron chi connectivity index (χ2n) is 6.71. The highest BCUT2D eigenvalue weighted by Crippen LogP contribution is 2.34. The summed E-state index contributed by atoms with van der Waals surface area (Å²) in [7, 11) is 0. The van der Waals surface area contributed by atoms with Crippen molar-refractivity contribution in [2.75, 3.05) is 11.4 Å². The van der Waals surface area contributed by atoms with Gasteiger partial charge in [-0.1, -0.05) is 24.6 Å². The number of imide groups is 1. The van der Waals surface area contributed by atoms with Gasteiger partial charge in [-0.2, -0.15) is 0 Å². The molecule has 0 fully saturated rings. The lowest BCUT2D eigenvalue weighted by Crippen LogP contribution is -2.30. The van der Waals surface area contributed by atoms with Gasteiger partial charge < -0.3 is 5.32 Å². The summed E-state index contributed by atoms with van der Waals surface area (Å²) in [5, 5.41) is 2.78. The summed E-state index contributed by atoms with van der Waals surface area (Å²) in [5.41, 5.74) is 4.45. The van der Waals surface area contributed by atoms with Crippen LogP contribution >= 0.6 is 0 Å². The van der Waals surface area contributed by atoms with E-state index in [9.17, 15) is 14.4 Å². The Kier molecular flexibility index (Phi) is 4.64. The predicted octanol–water partition coefficient (Wildman–Crippen LogP) is 3.55. The van der Waals surface area contributed by atoms with Crippen molar-refractivity contribution >= 4 is 23.4 Å². The average molecular weight is 350 g/mol. The SMILES string of the molecule is CCCNC(=O)c1ccc2c(c1)C(=O)N(c1c(C)cc(C)cc1C)C2=O. The van der Waals surface area contributed by atoms with Crippen molar-refractivity contribution in [2.24, 2.45) is 0 Å². The molecule has 134 valence electrons. The molecule has 0 spiro atoms. The molecule has 1 aliphatic rings. The number of nitrogens with one attached hydrogen (secondary N) is 1. The lowest BCUT2D eigenvalue weighted by Gasteiger charge is -2.20. The van der Waals surface area contributed by atoms with Gasteiger partial charge >= 0.3 is 0 Å². The smallest absolute Gasteiger partial charge is 0.266 e. The summed E-state index contributed by atoms with van der Waals surface area (Å²) in [4.78, 5) is 39.2. The minimum Gasteiger partial charge on any atom is -0.352 e. The molecule has 2 aromatic carbocycles. The van der Waals surface area contributed by atoms with Gasteiger partial charge in [0, 0.05) is 12.1 Å². The lowest BCUT2D eigenvalue weighted by atomic mass is 10.0. The third kappa shape index (κ3) is 2.90. The van der Waals surface area contributed by atoms with Gasteiger partial charge in [0.2, 0.25) is 0 Å². The first-order valence-electron chi connectivity index (χ1n) is 8.74. The van der Waals surface area contributed by atoms with Crippen molar-refractivity contribution in [1.29, 1.82) is 0 Å². The first-order chi connectivity index (χ1) is 12.3. The molecular weight excluding hydrogens is 328 g/mol. The zero-order valence-corrected chi connectivity index (χ0v) is 15.5. The number of carbonyl (C=O) groups is 3. The fourth-order valence-corrected chi connectivity index (χ4v) is 3.45. The van der Waals surface area contributed by atoms with Gasteiger partial charge in [-0.25, -0.2) is 4.90 Å². The van der Waals surface area contributed by atoms with E-state index in [2.05, 4.69) is 5.32 Å². The van der Waals surface area contributed by atoms with Gasteiger partial charge in [-0.3, -0.25) is 14.4 Å². The molecule has 0 radical (unpaired) electrons. The molecule has 0 aromatic heterocycles. The van der Waals surface area contributed by atoms with Crippen molar-refractivity contribution in [3.63, 3.8) is 0 Å². The van der Waals surface area contributed by atoms with Crippen LogP contribution < -0.4 is 10.2 Å². The summed E-state index contributed by atoms with van der Waals surface area (Å²) < 4.78 is 0. The maximum Gasteiger partial charge on any atom is 0.266 e. The number of fused-ring (bicyclic) bond motifs is 1. The molecule has 0 saturated carbocycles. The first kappa shape index (κ1) is 17.9. The van der Waals surface area contributed by atoms with Crippen LogP contribution in [0.15, 0.2) is 30.3 Å². The van der Waals surface area contributed by atoms with Gasteiger partial charge in [0.1, 0.15) is 0 Å². The van der Waals surface area contributed by atoms with Gasteiger partial charge in [0.25, 0.3) is 17.7 Å². The minimum atomic E-state index is -0.384. The van der Waals surface area contributed by atoms with Crippen LogP contribution in [0.1, 0.15) is 61.1 Å². The second kappa shape index (κ2) is 6.75. The quantitative estimate of drug-likeness (QED) is 0.858. The topological polar surface area (TPSA) is 66.5 Å². The summed E-state index contributed by atoms with van der Waals surface area (Å²) in [5.74, 6) is -0.971. The van der Waals surface area contributed by atoms with Crippen LogP contribution in [0.3, 0.4) is 0 Å². The van der Waals surface area contributed by atoms with Crippen LogP contribution in [-0.2, 0) is 0 Å². The van der Waals surface area contributed by atoms with Gasteiger partial charge in [-0.15, -0.1) is 0 Å². The summed E-state index contributed by atoms with van der Waals surface area (Å²) >= 11 is 0. The predicted molar refractivity (Wildman–Crippen MR) is 101 cm³/mol. The number of benzene rings is 2. The molecule has 1 heterocycles. The maximum absolute atomic E-state index is 13.0. The Hall–Kier alpha value is -2.95. The molecule has 5 heteroatoms. The van der Waals surface area contributed by atoms with Crippen LogP contribution in [-0.4, -0.2) is 24.3 Å². The number of rotatable bonds is 4. The molecule has 0 unspecified atom stereocenters. The molecule has 0 atom stereocenters. The van der Waals surface area contributed by atoms with E-state index in [-0.39, 0.29) is 23.3 Å². The third-order valence-corrected chi connectivity index (χ3v) is 4.54. The van der Waals surface area contributed by atoms with Crippen molar-refractivity contribution < 1.29 is 14.4 Å². The van der Waals surface area contributed by atoms with Crippen LogP contribution in [0.2, 0.25) is 0 Å².